The SMILES string of the molecule is CCOc1ccnc(NC2(C(=O)O)CCC2)n1. The number of aliphatic carboxylic acids is 1. The molecule has 0 spiro atoms. The maximum Gasteiger partial charge on any atom is 0.329 e. The quantitative estimate of drug-likeness (QED) is 0.802. The van der Waals surface area contributed by atoms with Gasteiger partial charge in [-0.1, -0.05) is 0 Å². The lowest BCUT2D eigenvalue weighted by atomic mass is 9.77. The van der Waals surface area contributed by atoms with Crippen molar-refractivity contribution in [3.05, 3.63) is 12.3 Å². The summed E-state index contributed by atoms with van der Waals surface area (Å²) in [5.74, 6) is -0.0999. The molecule has 0 unspecified atom stereocenters. The Kier molecular flexibility index (Phi) is 3.12. The number of carboxylic acid groups (broad SMARTS) is 1. The molecule has 0 aliphatic heterocycles. The van der Waals surface area contributed by atoms with Gasteiger partial charge in [0.1, 0.15) is 5.54 Å². The van der Waals surface area contributed by atoms with Crippen molar-refractivity contribution < 1.29 is 14.6 Å². The van der Waals surface area contributed by atoms with Gasteiger partial charge in [0.05, 0.1) is 6.61 Å². The first kappa shape index (κ1) is 11.6. The molecule has 6 heteroatoms. The van der Waals surface area contributed by atoms with E-state index in [1.807, 2.05) is 6.92 Å². The third-order valence-corrected chi connectivity index (χ3v) is 2.89. The van der Waals surface area contributed by atoms with Gasteiger partial charge >= 0.3 is 5.97 Å². The zero-order valence-corrected chi connectivity index (χ0v) is 9.64. The van der Waals surface area contributed by atoms with Gasteiger partial charge in [-0.25, -0.2) is 9.78 Å². The zero-order valence-electron chi connectivity index (χ0n) is 9.64. The summed E-state index contributed by atoms with van der Waals surface area (Å²) < 4.78 is 5.23. The monoisotopic (exact) mass is 237 g/mol. The average Bonchev–Trinajstić information content (AvgIpc) is 2.24. The Morgan fingerprint density at radius 1 is 1.65 bits per heavy atom. The largest absolute Gasteiger partial charge is 0.480 e. The van der Waals surface area contributed by atoms with Crippen LogP contribution in [0.5, 0.6) is 5.88 Å². The fourth-order valence-electron chi connectivity index (χ4n) is 1.77. The number of hydrogen-bond acceptors (Lipinski definition) is 5. The molecule has 1 aliphatic carbocycles. The molecule has 0 aromatic carbocycles. The molecule has 0 atom stereocenters. The molecule has 0 amide bonds. The smallest absolute Gasteiger partial charge is 0.329 e. The number of nitrogens with zero attached hydrogens (tertiary/aromatic N) is 2. The Bertz CT molecular complexity index is 418. The van der Waals surface area contributed by atoms with Crippen molar-refractivity contribution in [2.45, 2.75) is 31.7 Å². The zero-order chi connectivity index (χ0) is 12.3. The topological polar surface area (TPSA) is 84.3 Å². The number of aromatic nitrogens is 2. The normalized spacial score (nSPS) is 17.0. The minimum absolute atomic E-state index is 0.304. The number of anilines is 1. The molecule has 0 saturated heterocycles. The second kappa shape index (κ2) is 4.57. The Hall–Kier alpha value is -1.85. The molecule has 17 heavy (non-hydrogen) atoms. The summed E-state index contributed by atoms with van der Waals surface area (Å²) in [6, 6.07) is 1.64. The van der Waals surface area contributed by atoms with E-state index < -0.39 is 11.5 Å². The van der Waals surface area contributed by atoms with Crippen LogP contribution in [0.3, 0.4) is 0 Å². The van der Waals surface area contributed by atoms with Crippen LogP contribution in [-0.2, 0) is 4.79 Å². The second-order valence-electron chi connectivity index (χ2n) is 4.02. The van der Waals surface area contributed by atoms with Crippen molar-refractivity contribution >= 4 is 11.9 Å². The summed E-state index contributed by atoms with van der Waals surface area (Å²) in [5.41, 5.74) is -0.898. The van der Waals surface area contributed by atoms with Crippen LogP contribution in [0, 0.1) is 0 Å². The van der Waals surface area contributed by atoms with E-state index in [9.17, 15) is 4.79 Å². The fraction of sp³-hybridized carbons (Fsp3) is 0.545. The molecule has 2 N–H and O–H groups in total. The molecule has 0 radical (unpaired) electrons. The van der Waals surface area contributed by atoms with Gasteiger partial charge in [0.2, 0.25) is 11.8 Å². The number of carboxylic acids is 1. The first-order valence-electron chi connectivity index (χ1n) is 5.64. The summed E-state index contributed by atoms with van der Waals surface area (Å²) in [6.45, 7) is 2.38. The fourth-order valence-corrected chi connectivity index (χ4v) is 1.77. The van der Waals surface area contributed by atoms with Gasteiger partial charge in [0, 0.05) is 12.3 Å². The van der Waals surface area contributed by atoms with E-state index in [4.69, 9.17) is 9.84 Å². The first-order chi connectivity index (χ1) is 8.16. The van der Waals surface area contributed by atoms with Crippen LogP contribution in [-0.4, -0.2) is 33.2 Å². The van der Waals surface area contributed by atoms with Crippen molar-refractivity contribution in [2.75, 3.05) is 11.9 Å². The van der Waals surface area contributed by atoms with Gasteiger partial charge in [-0.05, 0) is 26.2 Å². The van der Waals surface area contributed by atoms with Crippen LogP contribution in [0.15, 0.2) is 12.3 Å². The molecular weight excluding hydrogens is 222 g/mol. The van der Waals surface area contributed by atoms with Crippen LogP contribution in [0.4, 0.5) is 5.95 Å². The predicted molar refractivity (Wildman–Crippen MR) is 61.0 cm³/mol. The van der Waals surface area contributed by atoms with Crippen molar-refractivity contribution in [1.82, 2.24) is 9.97 Å². The van der Waals surface area contributed by atoms with E-state index >= 15 is 0 Å². The third-order valence-electron chi connectivity index (χ3n) is 2.89. The van der Waals surface area contributed by atoms with E-state index in [0.717, 1.165) is 6.42 Å². The minimum Gasteiger partial charge on any atom is -0.480 e. The standard InChI is InChI=1S/C11H15N3O3/c1-2-17-8-4-7-12-10(13-8)14-11(9(15)16)5-3-6-11/h4,7H,2-3,5-6H2,1H3,(H,15,16)(H,12,13,14). The summed E-state index contributed by atoms with van der Waals surface area (Å²) in [6.07, 6.45) is 3.66. The molecule has 1 fully saturated rings. The van der Waals surface area contributed by atoms with E-state index in [1.165, 1.54) is 0 Å². The van der Waals surface area contributed by atoms with Gasteiger partial charge in [-0.3, -0.25) is 0 Å². The molecule has 1 heterocycles. The number of hydrogen-bond donors (Lipinski definition) is 2. The van der Waals surface area contributed by atoms with E-state index in [-0.39, 0.29) is 0 Å². The molecule has 92 valence electrons. The molecule has 1 saturated carbocycles. The van der Waals surface area contributed by atoms with Crippen molar-refractivity contribution in [1.29, 1.82) is 0 Å². The summed E-state index contributed by atoms with van der Waals surface area (Å²) in [7, 11) is 0. The highest BCUT2D eigenvalue weighted by Gasteiger charge is 2.45. The highest BCUT2D eigenvalue weighted by Crippen LogP contribution is 2.34. The van der Waals surface area contributed by atoms with Gasteiger partial charge in [-0.15, -0.1) is 0 Å². The van der Waals surface area contributed by atoms with Gasteiger partial charge < -0.3 is 15.2 Å². The van der Waals surface area contributed by atoms with Crippen molar-refractivity contribution in [3.63, 3.8) is 0 Å². The molecule has 0 bridgehead atoms. The Morgan fingerprint density at radius 3 is 2.94 bits per heavy atom. The van der Waals surface area contributed by atoms with Crippen LogP contribution >= 0.6 is 0 Å². The van der Waals surface area contributed by atoms with Crippen molar-refractivity contribution in [2.24, 2.45) is 0 Å². The van der Waals surface area contributed by atoms with E-state index in [1.54, 1.807) is 12.3 Å². The lowest BCUT2D eigenvalue weighted by Crippen LogP contribution is -2.52. The second-order valence-corrected chi connectivity index (χ2v) is 4.02. The van der Waals surface area contributed by atoms with Gasteiger partial charge in [-0.2, -0.15) is 4.98 Å². The predicted octanol–water partition coefficient (Wildman–Crippen LogP) is 1.29. The third kappa shape index (κ3) is 2.30. The van der Waals surface area contributed by atoms with Crippen LogP contribution < -0.4 is 10.1 Å². The van der Waals surface area contributed by atoms with E-state index in [2.05, 4.69) is 15.3 Å². The highest BCUT2D eigenvalue weighted by atomic mass is 16.5. The van der Waals surface area contributed by atoms with Gasteiger partial charge in [0.25, 0.3) is 0 Å². The number of nitrogens with one attached hydrogen (secondary N) is 1. The Morgan fingerprint density at radius 2 is 2.41 bits per heavy atom. The summed E-state index contributed by atoms with van der Waals surface area (Å²) >= 11 is 0. The number of ether oxygens (including phenoxy) is 1. The molecule has 6 nitrogen and oxygen atoms in total. The Balaban J connectivity index is 2.12. The maximum absolute atomic E-state index is 11.2. The van der Waals surface area contributed by atoms with Crippen molar-refractivity contribution in [3.8, 4) is 5.88 Å². The summed E-state index contributed by atoms with van der Waals surface area (Å²) in [5, 5.41) is 12.1. The molecule has 1 aliphatic rings. The van der Waals surface area contributed by atoms with Gasteiger partial charge in [0.15, 0.2) is 0 Å². The molecule has 1 aromatic rings. The van der Waals surface area contributed by atoms with Crippen LogP contribution in [0.25, 0.3) is 0 Å². The molecule has 2 rings (SSSR count). The lowest BCUT2D eigenvalue weighted by molar-refractivity contribution is -0.145. The lowest BCUT2D eigenvalue weighted by Gasteiger charge is -2.38. The van der Waals surface area contributed by atoms with E-state index in [0.29, 0.717) is 31.3 Å². The average molecular weight is 237 g/mol. The number of carbonyl (C=O) groups is 1. The highest BCUT2D eigenvalue weighted by molar-refractivity contribution is 5.83. The van der Waals surface area contributed by atoms with Crippen LogP contribution in [0.2, 0.25) is 0 Å². The molecule has 1 aromatic heterocycles. The van der Waals surface area contributed by atoms with Crippen LogP contribution in [0.1, 0.15) is 26.2 Å². The number of rotatable bonds is 5. The summed E-state index contributed by atoms with van der Waals surface area (Å²) in [4.78, 5) is 19.3. The molecular formula is C11H15N3O3. The maximum atomic E-state index is 11.2. The minimum atomic E-state index is -0.898. The Labute approximate surface area is 99.0 Å². The first-order valence-corrected chi connectivity index (χ1v) is 5.64.